The molecular weight excluding hydrogens is 252 g/mol. The average Bonchev–Trinajstić information content (AvgIpc) is 2.74. The first kappa shape index (κ1) is 15.1. The number of nitrogens with one attached hydrogen (secondary N) is 1. The molecule has 1 rings (SSSR count). The quantitative estimate of drug-likeness (QED) is 0.545. The molecule has 0 atom stereocenters. The lowest BCUT2D eigenvalue weighted by atomic mass is 10.4. The molecule has 0 saturated heterocycles. The van der Waals surface area contributed by atoms with Crippen LogP contribution in [0.4, 0.5) is 5.95 Å². The van der Waals surface area contributed by atoms with E-state index in [1.54, 1.807) is 14.2 Å². The summed E-state index contributed by atoms with van der Waals surface area (Å²) in [5.41, 5.74) is 0. The molecule has 104 valence electrons. The number of aromatic amines is 1. The van der Waals surface area contributed by atoms with E-state index in [0.717, 1.165) is 38.6 Å². The van der Waals surface area contributed by atoms with E-state index in [2.05, 4.69) is 22.0 Å². The van der Waals surface area contributed by atoms with E-state index in [-0.39, 0.29) is 0 Å². The zero-order valence-electron chi connectivity index (χ0n) is 11.3. The van der Waals surface area contributed by atoms with Crippen LogP contribution >= 0.6 is 12.2 Å². The van der Waals surface area contributed by atoms with Gasteiger partial charge in [-0.3, -0.25) is 4.57 Å². The molecule has 0 unspecified atom stereocenters. The number of methoxy groups -OCH3 is 2. The fourth-order valence-corrected chi connectivity index (χ4v) is 2.01. The molecule has 0 fully saturated rings. The summed E-state index contributed by atoms with van der Waals surface area (Å²) in [5.74, 6) is 0.871. The minimum absolute atomic E-state index is 0.654. The van der Waals surface area contributed by atoms with E-state index < -0.39 is 0 Å². The van der Waals surface area contributed by atoms with Crippen LogP contribution in [0.2, 0.25) is 0 Å². The molecule has 0 amide bonds. The highest BCUT2D eigenvalue weighted by atomic mass is 32.1. The molecule has 1 aromatic rings. The van der Waals surface area contributed by atoms with E-state index in [9.17, 15) is 0 Å². The van der Waals surface area contributed by atoms with Gasteiger partial charge in [0.05, 0.1) is 6.61 Å². The molecule has 0 aliphatic rings. The standard InChI is InChI=1S/C11H22N4O2S/c1-4-15-10(12-13-11(15)18)14(7-9-17-3)6-5-8-16-2/h4-9H2,1-3H3,(H,13,18). The van der Waals surface area contributed by atoms with Gasteiger partial charge in [0, 0.05) is 40.5 Å². The molecule has 0 saturated carbocycles. The lowest BCUT2D eigenvalue weighted by Crippen LogP contribution is -2.31. The van der Waals surface area contributed by atoms with Gasteiger partial charge < -0.3 is 14.4 Å². The minimum atomic E-state index is 0.654. The third-order valence-corrected chi connectivity index (χ3v) is 2.99. The molecule has 7 heteroatoms. The maximum Gasteiger partial charge on any atom is 0.225 e. The number of ether oxygens (including phenoxy) is 2. The summed E-state index contributed by atoms with van der Waals surface area (Å²) < 4.78 is 12.9. The van der Waals surface area contributed by atoms with Crippen LogP contribution in [0.15, 0.2) is 0 Å². The second-order valence-corrected chi connectivity index (χ2v) is 4.29. The molecule has 0 spiro atoms. The van der Waals surface area contributed by atoms with Crippen LogP contribution in [0.3, 0.4) is 0 Å². The predicted molar refractivity (Wildman–Crippen MR) is 73.7 cm³/mol. The SMILES string of the molecule is CCn1c(N(CCCOC)CCOC)n[nH]c1=S. The smallest absolute Gasteiger partial charge is 0.225 e. The molecule has 1 heterocycles. The van der Waals surface area contributed by atoms with Crippen molar-refractivity contribution in [3.8, 4) is 0 Å². The number of nitrogens with zero attached hydrogens (tertiary/aromatic N) is 3. The summed E-state index contributed by atoms with van der Waals surface area (Å²) >= 11 is 5.20. The maximum absolute atomic E-state index is 5.20. The maximum atomic E-state index is 5.20. The van der Waals surface area contributed by atoms with Gasteiger partial charge in [0.15, 0.2) is 4.77 Å². The lowest BCUT2D eigenvalue weighted by molar-refractivity contribution is 0.190. The fraction of sp³-hybridized carbons (Fsp3) is 0.818. The highest BCUT2D eigenvalue weighted by Gasteiger charge is 2.13. The molecule has 18 heavy (non-hydrogen) atoms. The van der Waals surface area contributed by atoms with Gasteiger partial charge in [-0.2, -0.15) is 0 Å². The van der Waals surface area contributed by atoms with Crippen LogP contribution < -0.4 is 4.90 Å². The van der Waals surface area contributed by atoms with Crippen LogP contribution in [-0.2, 0) is 16.0 Å². The molecule has 6 nitrogen and oxygen atoms in total. The van der Waals surface area contributed by atoms with Gasteiger partial charge in [0.1, 0.15) is 0 Å². The van der Waals surface area contributed by atoms with Crippen molar-refractivity contribution in [3.63, 3.8) is 0 Å². The number of rotatable bonds is 9. The van der Waals surface area contributed by atoms with E-state index in [0.29, 0.717) is 11.4 Å². The number of aromatic nitrogens is 3. The van der Waals surface area contributed by atoms with Crippen molar-refractivity contribution in [1.82, 2.24) is 14.8 Å². The van der Waals surface area contributed by atoms with Crippen molar-refractivity contribution in [1.29, 1.82) is 0 Å². The first-order valence-electron chi connectivity index (χ1n) is 6.12. The molecule has 1 N–H and O–H groups in total. The Morgan fingerprint density at radius 2 is 2.00 bits per heavy atom. The number of hydrogen-bond acceptors (Lipinski definition) is 5. The van der Waals surface area contributed by atoms with Crippen molar-refractivity contribution in [2.24, 2.45) is 0 Å². The van der Waals surface area contributed by atoms with Gasteiger partial charge in [-0.15, -0.1) is 5.10 Å². The van der Waals surface area contributed by atoms with Gasteiger partial charge >= 0.3 is 0 Å². The van der Waals surface area contributed by atoms with Crippen LogP contribution in [-0.4, -0.2) is 55.3 Å². The normalized spacial score (nSPS) is 10.8. The summed E-state index contributed by atoms with van der Waals surface area (Å²) in [4.78, 5) is 2.16. The number of anilines is 1. The predicted octanol–water partition coefficient (Wildman–Crippen LogP) is 1.45. The summed E-state index contributed by atoms with van der Waals surface area (Å²) in [5, 5.41) is 7.13. The highest BCUT2D eigenvalue weighted by Crippen LogP contribution is 2.11. The highest BCUT2D eigenvalue weighted by molar-refractivity contribution is 7.71. The largest absolute Gasteiger partial charge is 0.385 e. The fourth-order valence-electron chi connectivity index (χ4n) is 1.75. The first-order valence-corrected chi connectivity index (χ1v) is 6.53. The molecule has 0 aliphatic heterocycles. The monoisotopic (exact) mass is 274 g/mol. The van der Waals surface area contributed by atoms with Gasteiger partial charge in [0.2, 0.25) is 5.95 Å². The Balaban J connectivity index is 2.76. The molecule has 0 aliphatic carbocycles. The Hall–Kier alpha value is -0.920. The Kier molecular flexibility index (Phi) is 6.92. The zero-order chi connectivity index (χ0) is 13.4. The van der Waals surface area contributed by atoms with Crippen LogP contribution in [0.25, 0.3) is 0 Å². The van der Waals surface area contributed by atoms with Crippen molar-refractivity contribution < 1.29 is 9.47 Å². The second kappa shape index (κ2) is 8.23. The van der Waals surface area contributed by atoms with Gasteiger partial charge in [-0.05, 0) is 25.6 Å². The molecule has 0 bridgehead atoms. The number of hydrogen-bond donors (Lipinski definition) is 1. The Bertz CT molecular complexity index is 391. The summed E-state index contributed by atoms with van der Waals surface area (Å²) in [6, 6.07) is 0. The van der Waals surface area contributed by atoms with Gasteiger partial charge in [0.25, 0.3) is 0 Å². The Labute approximate surface area is 113 Å². The zero-order valence-corrected chi connectivity index (χ0v) is 12.1. The third kappa shape index (κ3) is 4.08. The summed E-state index contributed by atoms with van der Waals surface area (Å²) in [7, 11) is 3.41. The molecular formula is C11H22N4O2S. The second-order valence-electron chi connectivity index (χ2n) is 3.90. The first-order chi connectivity index (χ1) is 8.74. The molecule has 1 aromatic heterocycles. The van der Waals surface area contributed by atoms with Crippen LogP contribution in [0.5, 0.6) is 0 Å². The van der Waals surface area contributed by atoms with E-state index in [4.69, 9.17) is 21.7 Å². The van der Waals surface area contributed by atoms with E-state index in [1.807, 2.05) is 4.57 Å². The van der Waals surface area contributed by atoms with Gasteiger partial charge in [-0.25, -0.2) is 5.10 Å². The molecule has 0 aromatic carbocycles. The van der Waals surface area contributed by atoms with Crippen LogP contribution in [0, 0.1) is 4.77 Å². The Morgan fingerprint density at radius 3 is 2.61 bits per heavy atom. The summed E-state index contributed by atoms with van der Waals surface area (Å²) in [6.07, 6.45) is 0.948. The van der Waals surface area contributed by atoms with Gasteiger partial charge in [-0.1, -0.05) is 0 Å². The average molecular weight is 274 g/mol. The van der Waals surface area contributed by atoms with Crippen molar-refractivity contribution in [2.45, 2.75) is 19.9 Å². The van der Waals surface area contributed by atoms with Crippen molar-refractivity contribution in [2.75, 3.05) is 45.4 Å². The minimum Gasteiger partial charge on any atom is -0.385 e. The van der Waals surface area contributed by atoms with E-state index >= 15 is 0 Å². The topological polar surface area (TPSA) is 55.3 Å². The summed E-state index contributed by atoms with van der Waals surface area (Å²) in [6.45, 7) is 5.92. The third-order valence-electron chi connectivity index (χ3n) is 2.68. The van der Waals surface area contributed by atoms with Crippen LogP contribution in [0.1, 0.15) is 13.3 Å². The number of H-pyrrole nitrogens is 1. The van der Waals surface area contributed by atoms with Crippen molar-refractivity contribution in [3.05, 3.63) is 4.77 Å². The van der Waals surface area contributed by atoms with Crippen molar-refractivity contribution >= 4 is 18.2 Å². The Morgan fingerprint density at radius 1 is 1.28 bits per heavy atom. The van der Waals surface area contributed by atoms with E-state index in [1.165, 1.54) is 0 Å². The lowest BCUT2D eigenvalue weighted by Gasteiger charge is -2.23. The molecule has 0 radical (unpaired) electrons.